The minimum absolute atomic E-state index is 0.0694. The zero-order valence-electron chi connectivity index (χ0n) is 14.9. The van der Waals surface area contributed by atoms with E-state index in [9.17, 15) is 13.2 Å². The molecule has 0 N–H and O–H groups in total. The first-order valence-corrected chi connectivity index (χ1v) is 10.3. The highest BCUT2D eigenvalue weighted by atomic mass is 32.2. The molecule has 1 fully saturated rings. The van der Waals surface area contributed by atoms with Gasteiger partial charge in [-0.3, -0.25) is 4.79 Å². The average Bonchev–Trinajstić information content (AvgIpc) is 2.84. The van der Waals surface area contributed by atoms with Crippen LogP contribution in [0.3, 0.4) is 0 Å². The highest BCUT2D eigenvalue weighted by Gasteiger charge is 2.35. The van der Waals surface area contributed by atoms with E-state index in [1.165, 1.54) is 0 Å². The lowest BCUT2D eigenvalue weighted by Gasteiger charge is -2.30. The molecule has 134 valence electrons. The van der Waals surface area contributed by atoms with Gasteiger partial charge in [-0.15, -0.1) is 0 Å². The third kappa shape index (κ3) is 4.97. The Morgan fingerprint density at radius 3 is 2.29 bits per heavy atom. The number of sulfone groups is 1. The molecule has 1 atom stereocenters. The average molecular weight is 353 g/mol. The van der Waals surface area contributed by atoms with Gasteiger partial charge in [-0.05, 0) is 50.5 Å². The van der Waals surface area contributed by atoms with Crippen molar-refractivity contribution >= 4 is 15.7 Å². The number of amides is 1. The Balaban J connectivity index is 2.18. The van der Waals surface area contributed by atoms with Crippen LogP contribution in [0.4, 0.5) is 0 Å². The smallest absolute Gasteiger partial charge is 0.254 e. The van der Waals surface area contributed by atoms with Crippen molar-refractivity contribution in [3.05, 3.63) is 29.8 Å². The highest BCUT2D eigenvalue weighted by molar-refractivity contribution is 7.91. The SMILES string of the molecule is CC(C)CN(C(=O)c1ccc(OC(C)C)cc1)C1CCS(=O)(=O)C1. The van der Waals surface area contributed by atoms with Crippen LogP contribution < -0.4 is 4.74 Å². The molecule has 2 rings (SSSR count). The normalized spacial score (nSPS) is 19.7. The molecule has 0 bridgehead atoms. The van der Waals surface area contributed by atoms with E-state index in [0.29, 0.717) is 18.5 Å². The van der Waals surface area contributed by atoms with E-state index in [1.807, 2.05) is 27.7 Å². The molecule has 1 saturated heterocycles. The van der Waals surface area contributed by atoms with Crippen molar-refractivity contribution in [2.45, 2.75) is 46.3 Å². The van der Waals surface area contributed by atoms with E-state index < -0.39 is 9.84 Å². The first kappa shape index (κ1) is 18.8. The molecule has 24 heavy (non-hydrogen) atoms. The third-order valence-corrected chi connectivity index (χ3v) is 5.70. The summed E-state index contributed by atoms with van der Waals surface area (Å²) in [4.78, 5) is 14.6. The molecule has 5 nitrogen and oxygen atoms in total. The molecule has 0 saturated carbocycles. The Hall–Kier alpha value is -1.56. The number of hydrogen-bond donors (Lipinski definition) is 0. The monoisotopic (exact) mass is 353 g/mol. The molecule has 1 amide bonds. The Morgan fingerprint density at radius 2 is 1.83 bits per heavy atom. The van der Waals surface area contributed by atoms with Gasteiger partial charge in [0.05, 0.1) is 17.6 Å². The van der Waals surface area contributed by atoms with Crippen molar-refractivity contribution in [2.24, 2.45) is 5.92 Å². The number of benzene rings is 1. The zero-order valence-corrected chi connectivity index (χ0v) is 15.7. The van der Waals surface area contributed by atoms with E-state index in [-0.39, 0.29) is 35.5 Å². The van der Waals surface area contributed by atoms with Gasteiger partial charge in [0.1, 0.15) is 5.75 Å². The molecule has 0 spiro atoms. The predicted molar refractivity (Wildman–Crippen MR) is 95.1 cm³/mol. The third-order valence-electron chi connectivity index (χ3n) is 3.94. The first-order chi connectivity index (χ1) is 11.2. The van der Waals surface area contributed by atoms with Gasteiger partial charge in [0.15, 0.2) is 9.84 Å². The van der Waals surface area contributed by atoms with Gasteiger partial charge in [-0.25, -0.2) is 8.42 Å². The summed E-state index contributed by atoms with van der Waals surface area (Å²) < 4.78 is 29.2. The second-order valence-corrected chi connectivity index (χ2v) is 9.33. The lowest BCUT2D eigenvalue weighted by atomic mass is 10.1. The molecule has 1 aliphatic heterocycles. The van der Waals surface area contributed by atoms with E-state index in [1.54, 1.807) is 29.2 Å². The van der Waals surface area contributed by atoms with Gasteiger partial charge in [0.25, 0.3) is 5.91 Å². The molecule has 1 aromatic rings. The molecule has 1 unspecified atom stereocenters. The lowest BCUT2D eigenvalue weighted by molar-refractivity contribution is 0.0672. The maximum Gasteiger partial charge on any atom is 0.254 e. The van der Waals surface area contributed by atoms with Crippen molar-refractivity contribution in [3.8, 4) is 5.75 Å². The van der Waals surface area contributed by atoms with Gasteiger partial charge in [-0.1, -0.05) is 13.8 Å². The quantitative estimate of drug-likeness (QED) is 0.789. The highest BCUT2D eigenvalue weighted by Crippen LogP contribution is 2.22. The van der Waals surface area contributed by atoms with Crippen LogP contribution in [0.2, 0.25) is 0 Å². The fourth-order valence-corrected chi connectivity index (χ4v) is 4.66. The van der Waals surface area contributed by atoms with E-state index in [2.05, 4.69) is 0 Å². The van der Waals surface area contributed by atoms with Crippen LogP contribution in [-0.4, -0.2) is 49.4 Å². The molecule has 1 heterocycles. The van der Waals surface area contributed by atoms with Gasteiger partial charge in [-0.2, -0.15) is 0 Å². The molecule has 0 radical (unpaired) electrons. The zero-order chi connectivity index (χ0) is 17.9. The number of hydrogen-bond acceptors (Lipinski definition) is 4. The number of carbonyl (C=O) groups is 1. The van der Waals surface area contributed by atoms with Crippen molar-refractivity contribution in [2.75, 3.05) is 18.1 Å². The van der Waals surface area contributed by atoms with Crippen LogP contribution in [0, 0.1) is 5.92 Å². The van der Waals surface area contributed by atoms with E-state index in [4.69, 9.17) is 4.74 Å². The predicted octanol–water partition coefficient (Wildman–Crippen LogP) is 2.76. The van der Waals surface area contributed by atoms with E-state index in [0.717, 1.165) is 5.75 Å². The molecular weight excluding hydrogens is 326 g/mol. The Bertz CT molecular complexity index is 665. The summed E-state index contributed by atoms with van der Waals surface area (Å²) in [5, 5.41) is 0. The molecule has 6 heteroatoms. The van der Waals surface area contributed by atoms with Gasteiger partial charge in [0.2, 0.25) is 0 Å². The summed E-state index contributed by atoms with van der Waals surface area (Å²) in [6.07, 6.45) is 0.600. The fourth-order valence-electron chi connectivity index (χ4n) is 2.93. The molecule has 1 aliphatic rings. The van der Waals surface area contributed by atoms with E-state index >= 15 is 0 Å². The van der Waals surface area contributed by atoms with Crippen LogP contribution in [0.1, 0.15) is 44.5 Å². The van der Waals surface area contributed by atoms with Crippen LogP contribution >= 0.6 is 0 Å². The number of rotatable bonds is 6. The van der Waals surface area contributed by atoms with Crippen molar-refractivity contribution < 1.29 is 17.9 Å². The Kier molecular flexibility index (Phi) is 5.91. The summed E-state index contributed by atoms with van der Waals surface area (Å²) in [5.41, 5.74) is 0.566. The Morgan fingerprint density at radius 1 is 1.21 bits per heavy atom. The largest absolute Gasteiger partial charge is 0.491 e. The summed E-state index contributed by atoms with van der Waals surface area (Å²) in [6, 6.07) is 6.84. The minimum Gasteiger partial charge on any atom is -0.491 e. The van der Waals surface area contributed by atoms with Crippen LogP contribution in [-0.2, 0) is 9.84 Å². The topological polar surface area (TPSA) is 63.7 Å². The summed E-state index contributed by atoms with van der Waals surface area (Å²) in [6.45, 7) is 8.52. The summed E-state index contributed by atoms with van der Waals surface area (Å²) in [7, 11) is -3.03. The van der Waals surface area contributed by atoms with Gasteiger partial charge >= 0.3 is 0 Å². The maximum absolute atomic E-state index is 12.9. The van der Waals surface area contributed by atoms with Crippen molar-refractivity contribution in [3.63, 3.8) is 0 Å². The summed E-state index contributed by atoms with van der Waals surface area (Å²) in [5.74, 6) is 1.13. The van der Waals surface area contributed by atoms with Crippen LogP contribution in [0.15, 0.2) is 24.3 Å². The minimum atomic E-state index is -3.03. The second-order valence-electron chi connectivity index (χ2n) is 7.10. The van der Waals surface area contributed by atoms with Gasteiger partial charge in [0, 0.05) is 18.2 Å². The standard InChI is InChI=1S/C18H27NO4S/c1-13(2)11-19(16-9-10-24(21,22)12-16)18(20)15-5-7-17(8-6-15)23-14(3)4/h5-8,13-14,16H,9-12H2,1-4H3. The number of ether oxygens (including phenoxy) is 1. The maximum atomic E-state index is 12.9. The second kappa shape index (κ2) is 7.55. The first-order valence-electron chi connectivity index (χ1n) is 8.46. The number of carbonyl (C=O) groups excluding carboxylic acids is 1. The van der Waals surface area contributed by atoms with Crippen molar-refractivity contribution in [1.29, 1.82) is 0 Å². The molecular formula is C18H27NO4S. The fraction of sp³-hybridized carbons (Fsp3) is 0.611. The molecule has 0 aromatic heterocycles. The van der Waals surface area contributed by atoms with Crippen LogP contribution in [0.25, 0.3) is 0 Å². The Labute approximate surface area is 144 Å². The molecule has 1 aromatic carbocycles. The van der Waals surface area contributed by atoms with Gasteiger partial charge < -0.3 is 9.64 Å². The van der Waals surface area contributed by atoms with Crippen LogP contribution in [0.5, 0.6) is 5.75 Å². The van der Waals surface area contributed by atoms with Crippen molar-refractivity contribution in [1.82, 2.24) is 4.90 Å². The summed E-state index contributed by atoms with van der Waals surface area (Å²) >= 11 is 0. The molecule has 0 aliphatic carbocycles. The lowest BCUT2D eigenvalue weighted by Crippen LogP contribution is -2.43. The number of nitrogens with zero attached hydrogens (tertiary/aromatic N) is 1.